The molecular weight excluding hydrogens is 404 g/mol. The third-order valence-corrected chi connectivity index (χ3v) is 6.09. The second kappa shape index (κ2) is 6.95. The summed E-state index contributed by atoms with van der Waals surface area (Å²) in [4.78, 5) is 14.3. The fraction of sp³-hybridized carbons (Fsp3) is 0.190. The number of amides is 1. The first-order valence-electron chi connectivity index (χ1n) is 8.61. The summed E-state index contributed by atoms with van der Waals surface area (Å²) in [5.41, 5.74) is -0.879. The van der Waals surface area contributed by atoms with E-state index in [4.69, 9.17) is 11.6 Å². The zero-order chi connectivity index (χ0) is 19.9. The highest BCUT2D eigenvalue weighted by atomic mass is 35.5. The first kappa shape index (κ1) is 19.1. The van der Waals surface area contributed by atoms with Gasteiger partial charge in [0.15, 0.2) is 5.60 Å². The highest BCUT2D eigenvalue weighted by molar-refractivity contribution is 7.10. The van der Waals surface area contributed by atoms with Gasteiger partial charge in [-0.1, -0.05) is 48.0 Å². The van der Waals surface area contributed by atoms with Crippen molar-refractivity contribution in [2.75, 3.05) is 4.90 Å². The van der Waals surface area contributed by atoms with Crippen LogP contribution in [0.15, 0.2) is 66.0 Å². The molecule has 2 aromatic carbocycles. The molecular formula is C21H16ClF2NO2S. The van der Waals surface area contributed by atoms with Gasteiger partial charge in [0.2, 0.25) is 0 Å². The summed E-state index contributed by atoms with van der Waals surface area (Å²) in [5, 5.41) is 13.3. The Bertz CT molecular complexity index is 1010. The third-order valence-electron chi connectivity index (χ3n) is 4.85. The lowest BCUT2D eigenvalue weighted by atomic mass is 9.88. The van der Waals surface area contributed by atoms with Crippen LogP contribution in [0.25, 0.3) is 0 Å². The number of nitrogens with zero attached hydrogens (tertiary/aromatic N) is 1. The molecule has 2 heterocycles. The van der Waals surface area contributed by atoms with Crippen LogP contribution < -0.4 is 4.90 Å². The molecule has 1 unspecified atom stereocenters. The molecule has 3 nitrogen and oxygen atoms in total. The Kier molecular flexibility index (Phi) is 4.73. The Balaban J connectivity index is 1.71. The number of hydrogen-bond acceptors (Lipinski definition) is 3. The molecule has 144 valence electrons. The van der Waals surface area contributed by atoms with Crippen LogP contribution in [0.2, 0.25) is 5.02 Å². The summed E-state index contributed by atoms with van der Waals surface area (Å²) >= 11 is 6.80. The molecule has 28 heavy (non-hydrogen) atoms. The Morgan fingerprint density at radius 3 is 2.46 bits per heavy atom. The molecule has 7 heteroatoms. The highest BCUT2D eigenvalue weighted by Gasteiger charge is 2.55. The molecule has 1 amide bonds. The fourth-order valence-electron chi connectivity index (χ4n) is 3.50. The molecule has 0 bridgehead atoms. The average molecular weight is 420 g/mol. The summed E-state index contributed by atoms with van der Waals surface area (Å²) in [6, 6.07) is 16.3. The zero-order valence-corrected chi connectivity index (χ0v) is 16.2. The number of fused-ring (bicyclic) bond motifs is 1. The van der Waals surface area contributed by atoms with Crippen LogP contribution in [0.3, 0.4) is 0 Å². The molecule has 0 fully saturated rings. The molecule has 0 spiro atoms. The topological polar surface area (TPSA) is 40.5 Å². The van der Waals surface area contributed by atoms with Crippen LogP contribution in [0.5, 0.6) is 0 Å². The van der Waals surface area contributed by atoms with Crippen molar-refractivity contribution in [3.8, 4) is 0 Å². The highest BCUT2D eigenvalue weighted by Crippen LogP contribution is 2.49. The van der Waals surface area contributed by atoms with E-state index in [1.54, 1.807) is 47.8 Å². The van der Waals surface area contributed by atoms with Crippen molar-refractivity contribution in [2.45, 2.75) is 24.5 Å². The number of rotatable bonds is 5. The summed E-state index contributed by atoms with van der Waals surface area (Å²) in [7, 11) is 0. The molecule has 1 aromatic heterocycles. The van der Waals surface area contributed by atoms with E-state index < -0.39 is 23.9 Å². The Hall–Kier alpha value is -2.28. The quantitative estimate of drug-likeness (QED) is 0.608. The van der Waals surface area contributed by atoms with Gasteiger partial charge in [-0.15, -0.1) is 11.3 Å². The molecule has 3 aromatic rings. The van der Waals surface area contributed by atoms with Gasteiger partial charge in [0.25, 0.3) is 11.8 Å². The molecule has 0 saturated carbocycles. The zero-order valence-electron chi connectivity index (χ0n) is 14.6. The monoisotopic (exact) mass is 419 g/mol. The van der Waals surface area contributed by atoms with Crippen molar-refractivity contribution >= 4 is 34.5 Å². The fourth-order valence-corrected chi connectivity index (χ4v) is 4.33. The van der Waals surface area contributed by atoms with Gasteiger partial charge in [0.1, 0.15) is 0 Å². The number of hydrogen-bond donors (Lipinski definition) is 1. The Morgan fingerprint density at radius 1 is 1.07 bits per heavy atom. The predicted molar refractivity (Wildman–Crippen MR) is 106 cm³/mol. The van der Waals surface area contributed by atoms with Gasteiger partial charge in [-0.2, -0.15) is 0 Å². The summed E-state index contributed by atoms with van der Waals surface area (Å²) in [5.74, 6) is -4.08. The number of thiophene rings is 1. The average Bonchev–Trinajstić information content (AvgIpc) is 3.28. The first-order chi connectivity index (χ1) is 13.3. The van der Waals surface area contributed by atoms with Crippen LogP contribution in [0, 0.1) is 0 Å². The van der Waals surface area contributed by atoms with E-state index >= 15 is 0 Å². The summed E-state index contributed by atoms with van der Waals surface area (Å²) in [6.07, 6.45) is -1.01. The Labute approximate surface area is 169 Å². The smallest absolute Gasteiger partial charge is 0.285 e. The maximum atomic E-state index is 14.8. The lowest BCUT2D eigenvalue weighted by Crippen LogP contribution is -2.43. The van der Waals surface area contributed by atoms with Gasteiger partial charge < -0.3 is 10.0 Å². The van der Waals surface area contributed by atoms with Crippen molar-refractivity contribution in [2.24, 2.45) is 0 Å². The van der Waals surface area contributed by atoms with Crippen LogP contribution >= 0.6 is 22.9 Å². The van der Waals surface area contributed by atoms with E-state index in [0.29, 0.717) is 10.7 Å². The van der Waals surface area contributed by atoms with Gasteiger partial charge >= 0.3 is 0 Å². The minimum absolute atomic E-state index is 0.153. The van der Waals surface area contributed by atoms with Crippen molar-refractivity contribution in [1.82, 2.24) is 0 Å². The molecule has 1 N–H and O–H groups in total. The minimum atomic E-state index is -3.33. The van der Waals surface area contributed by atoms with Crippen LogP contribution in [0.4, 0.5) is 14.5 Å². The molecule has 1 atom stereocenters. The van der Waals surface area contributed by atoms with Gasteiger partial charge in [-0.05, 0) is 35.2 Å². The molecule has 1 aliphatic rings. The van der Waals surface area contributed by atoms with Crippen molar-refractivity contribution < 1.29 is 18.7 Å². The number of alkyl halides is 2. The van der Waals surface area contributed by atoms with Gasteiger partial charge in [0.05, 0.1) is 23.5 Å². The van der Waals surface area contributed by atoms with E-state index in [-0.39, 0.29) is 17.0 Å². The molecule has 4 rings (SSSR count). The van der Waals surface area contributed by atoms with Gasteiger partial charge in [0, 0.05) is 10.6 Å². The summed E-state index contributed by atoms with van der Waals surface area (Å²) in [6.45, 7) is 0.153. The third kappa shape index (κ3) is 3.21. The number of carbonyl (C=O) groups excluding carboxylic acids is 1. The number of carbonyl (C=O) groups is 1. The van der Waals surface area contributed by atoms with Gasteiger partial charge in [-0.3, -0.25) is 4.79 Å². The van der Waals surface area contributed by atoms with Crippen LogP contribution in [0.1, 0.15) is 22.4 Å². The number of benzene rings is 2. The van der Waals surface area contributed by atoms with Crippen molar-refractivity contribution in [1.29, 1.82) is 0 Å². The molecule has 0 saturated heterocycles. The number of aliphatic hydroxyl groups is 1. The maximum absolute atomic E-state index is 14.8. The Morgan fingerprint density at radius 2 is 1.79 bits per heavy atom. The SMILES string of the molecule is O=C1N(Cc2ccc(Cl)cc2)c2ccccc2C1(O)CC(F)(F)c1cccs1. The van der Waals surface area contributed by atoms with Crippen molar-refractivity contribution in [3.63, 3.8) is 0 Å². The van der Waals surface area contributed by atoms with E-state index in [2.05, 4.69) is 0 Å². The standard InChI is InChI=1S/C21H16ClF2NO2S/c22-15-9-7-14(8-10-15)12-25-17-5-2-1-4-16(17)20(27,19(25)26)13-21(23,24)18-6-3-11-28-18/h1-11,27H,12-13H2. The van der Waals surface area contributed by atoms with Crippen molar-refractivity contribution in [3.05, 3.63) is 87.1 Å². The minimum Gasteiger partial charge on any atom is -0.375 e. The van der Waals surface area contributed by atoms with E-state index in [9.17, 15) is 18.7 Å². The first-order valence-corrected chi connectivity index (χ1v) is 9.87. The molecule has 0 radical (unpaired) electrons. The lowest BCUT2D eigenvalue weighted by molar-refractivity contribution is -0.148. The van der Waals surface area contributed by atoms with Crippen LogP contribution in [-0.2, 0) is 22.9 Å². The number of para-hydroxylation sites is 1. The molecule has 1 aliphatic heterocycles. The van der Waals surface area contributed by atoms with E-state index in [1.165, 1.54) is 23.1 Å². The largest absolute Gasteiger partial charge is 0.375 e. The summed E-state index contributed by atoms with van der Waals surface area (Å²) < 4.78 is 29.6. The normalized spacial score (nSPS) is 19.1. The van der Waals surface area contributed by atoms with Crippen LogP contribution in [-0.4, -0.2) is 11.0 Å². The second-order valence-corrected chi connectivity index (χ2v) is 8.14. The number of halogens is 3. The molecule has 0 aliphatic carbocycles. The van der Waals surface area contributed by atoms with E-state index in [1.807, 2.05) is 0 Å². The second-order valence-electron chi connectivity index (χ2n) is 6.75. The maximum Gasteiger partial charge on any atom is 0.285 e. The lowest BCUT2D eigenvalue weighted by Gasteiger charge is -2.27. The van der Waals surface area contributed by atoms with E-state index in [0.717, 1.165) is 16.9 Å². The number of anilines is 1. The predicted octanol–water partition coefficient (Wildman–Crippen LogP) is 5.32. The van der Waals surface area contributed by atoms with Gasteiger partial charge in [-0.25, -0.2) is 8.78 Å².